The predicted octanol–water partition coefficient (Wildman–Crippen LogP) is 3.63. The molecule has 184 valence electrons. The Morgan fingerprint density at radius 2 is 1.86 bits per heavy atom. The lowest BCUT2D eigenvalue weighted by Crippen LogP contribution is -2.65. The largest absolute Gasteiger partial charge is 0.508 e. The van der Waals surface area contributed by atoms with Gasteiger partial charge in [-0.25, -0.2) is 4.79 Å². The summed E-state index contributed by atoms with van der Waals surface area (Å²) in [7, 11) is -0.637. The second kappa shape index (κ2) is 8.68. The Morgan fingerprint density at radius 1 is 1.11 bits per heavy atom. The third kappa shape index (κ3) is 4.34. The first-order valence-electron chi connectivity index (χ1n) is 12.3. The van der Waals surface area contributed by atoms with Crippen molar-refractivity contribution in [3.63, 3.8) is 0 Å². The van der Waals surface area contributed by atoms with E-state index in [9.17, 15) is 19.8 Å². The van der Waals surface area contributed by atoms with E-state index in [1.54, 1.807) is 42.5 Å². The van der Waals surface area contributed by atoms with Crippen molar-refractivity contribution in [1.29, 1.82) is 0 Å². The average Bonchev–Trinajstić information content (AvgIpc) is 3.16. The number of rotatable bonds is 7. The molecule has 3 N–H and O–H groups in total. The molecule has 5 unspecified atom stereocenters. The van der Waals surface area contributed by atoms with E-state index in [1.807, 2.05) is 6.07 Å². The summed E-state index contributed by atoms with van der Waals surface area (Å²) in [4.78, 5) is 24.5. The van der Waals surface area contributed by atoms with Gasteiger partial charge >= 0.3 is 13.1 Å². The summed E-state index contributed by atoms with van der Waals surface area (Å²) in [6.07, 6.45) is 2.52. The maximum Gasteiger partial charge on any atom is 0.482 e. The zero-order valence-corrected chi connectivity index (χ0v) is 20.4. The Bertz CT molecular complexity index is 1150. The molecule has 4 aliphatic rings. The fourth-order valence-corrected chi connectivity index (χ4v) is 6.48. The van der Waals surface area contributed by atoms with Gasteiger partial charge < -0.3 is 24.8 Å². The first-order chi connectivity index (χ1) is 16.6. The summed E-state index contributed by atoms with van der Waals surface area (Å²) < 4.78 is 13.1. The van der Waals surface area contributed by atoms with Crippen LogP contribution in [0.25, 0.3) is 0 Å². The molecule has 1 amide bonds. The topological polar surface area (TPSA) is 105 Å². The molecule has 7 nitrogen and oxygen atoms in total. The monoisotopic (exact) mass is 477 g/mol. The molecular weight excluding hydrogens is 445 g/mol. The van der Waals surface area contributed by atoms with E-state index in [0.717, 1.165) is 18.4 Å². The third-order valence-corrected chi connectivity index (χ3v) is 8.55. The van der Waals surface area contributed by atoms with Crippen LogP contribution in [0.3, 0.4) is 0 Å². The highest BCUT2D eigenvalue weighted by atomic mass is 16.7. The van der Waals surface area contributed by atoms with E-state index < -0.39 is 24.6 Å². The molecule has 35 heavy (non-hydrogen) atoms. The summed E-state index contributed by atoms with van der Waals surface area (Å²) in [6.45, 7) is 6.74. The maximum absolute atomic E-state index is 13.0. The summed E-state index contributed by atoms with van der Waals surface area (Å²) in [6, 6.07) is 13.4. The van der Waals surface area contributed by atoms with Crippen LogP contribution < -0.4 is 5.32 Å². The lowest BCUT2D eigenvalue weighted by Gasteiger charge is -2.64. The number of amides is 1. The number of hydrogen-bond acceptors (Lipinski definition) is 5. The highest BCUT2D eigenvalue weighted by Gasteiger charge is 2.68. The van der Waals surface area contributed by atoms with Gasteiger partial charge in [0.15, 0.2) is 0 Å². The van der Waals surface area contributed by atoms with Crippen LogP contribution in [0.1, 0.15) is 55.1 Å². The van der Waals surface area contributed by atoms with E-state index >= 15 is 0 Å². The zero-order chi connectivity index (χ0) is 25.0. The smallest absolute Gasteiger partial charge is 0.482 e. The van der Waals surface area contributed by atoms with Crippen LogP contribution in [0.15, 0.2) is 48.5 Å². The van der Waals surface area contributed by atoms with Gasteiger partial charge in [0.2, 0.25) is 5.91 Å². The van der Waals surface area contributed by atoms with Crippen LogP contribution >= 0.6 is 0 Å². The van der Waals surface area contributed by atoms with E-state index in [2.05, 4.69) is 26.1 Å². The number of carbonyl (C=O) groups excluding carboxylic acids is 1. The van der Waals surface area contributed by atoms with Gasteiger partial charge in [0.25, 0.3) is 0 Å². The molecule has 1 saturated heterocycles. The van der Waals surface area contributed by atoms with E-state index in [1.165, 1.54) is 0 Å². The minimum atomic E-state index is -0.995. The maximum atomic E-state index is 13.0. The van der Waals surface area contributed by atoms with Crippen LogP contribution in [0.5, 0.6) is 5.75 Å². The van der Waals surface area contributed by atoms with Gasteiger partial charge in [-0.3, -0.25) is 4.79 Å². The molecule has 4 fully saturated rings. The molecule has 5 atom stereocenters. The molecule has 0 aromatic heterocycles. The number of hydrogen-bond donors (Lipinski definition) is 3. The van der Waals surface area contributed by atoms with Crippen molar-refractivity contribution < 1.29 is 29.1 Å². The molecule has 6 rings (SSSR count). The Labute approximate surface area is 206 Å². The van der Waals surface area contributed by atoms with Crippen molar-refractivity contribution in [2.24, 2.45) is 17.3 Å². The molecule has 0 spiro atoms. The Balaban J connectivity index is 1.37. The second-order valence-electron chi connectivity index (χ2n) is 11.1. The van der Waals surface area contributed by atoms with Crippen LogP contribution in [0.2, 0.25) is 0 Å². The molecule has 0 radical (unpaired) electrons. The number of aromatic carboxylic acids is 1. The number of aromatic hydroxyl groups is 1. The number of nitrogens with one attached hydrogen (secondary N) is 1. The minimum Gasteiger partial charge on any atom is -0.508 e. The quantitative estimate of drug-likeness (QED) is 0.526. The SMILES string of the molecule is CC1(C)C2CC3OB(C(Cc4cccc(C(=O)O)c4)NC(=O)Cc4cccc(O)c4)OC3(C)C1C2. The van der Waals surface area contributed by atoms with Crippen molar-refractivity contribution >= 4 is 19.0 Å². The molecule has 1 heterocycles. The number of benzene rings is 2. The molecule has 2 aromatic carbocycles. The number of carboxylic acid groups (broad SMARTS) is 1. The standard InChI is InChI=1S/C27H32BNO6/c1-26(2)19-14-21(26)27(3)22(15-19)34-28(35-27)23(12-16-6-4-8-18(10-16)25(32)33)29-24(31)13-17-7-5-9-20(30)11-17/h4-11,19,21-23,30H,12-15H2,1-3H3,(H,29,31)(H,32,33). The van der Waals surface area contributed by atoms with Gasteiger partial charge in [-0.2, -0.15) is 0 Å². The van der Waals surface area contributed by atoms with Gasteiger partial charge in [0.05, 0.1) is 29.6 Å². The van der Waals surface area contributed by atoms with Crippen molar-refractivity contribution in [3.05, 3.63) is 65.2 Å². The Hall–Kier alpha value is -2.84. The Morgan fingerprint density at radius 3 is 2.57 bits per heavy atom. The summed E-state index contributed by atoms with van der Waals surface area (Å²) >= 11 is 0. The summed E-state index contributed by atoms with van der Waals surface area (Å²) in [5, 5.41) is 22.2. The lowest BCUT2D eigenvalue weighted by molar-refractivity contribution is -0.199. The van der Waals surface area contributed by atoms with Crippen molar-refractivity contribution in [2.75, 3.05) is 0 Å². The lowest BCUT2D eigenvalue weighted by atomic mass is 9.43. The van der Waals surface area contributed by atoms with Gasteiger partial charge in [0.1, 0.15) is 5.75 Å². The molecule has 2 aromatic rings. The minimum absolute atomic E-state index is 0.0277. The number of phenolic OH excluding ortho intramolecular Hbond substituents is 1. The number of carboxylic acids is 1. The molecule has 3 aliphatic carbocycles. The Kier molecular flexibility index (Phi) is 5.92. The van der Waals surface area contributed by atoms with Crippen LogP contribution in [-0.2, 0) is 26.9 Å². The third-order valence-electron chi connectivity index (χ3n) is 8.55. The number of carbonyl (C=O) groups is 2. The summed E-state index contributed by atoms with van der Waals surface area (Å²) in [5.41, 5.74) is 1.46. The van der Waals surface area contributed by atoms with Crippen molar-refractivity contribution in [3.8, 4) is 5.75 Å². The predicted molar refractivity (Wildman–Crippen MR) is 131 cm³/mol. The van der Waals surface area contributed by atoms with Gasteiger partial charge in [-0.05, 0) is 78.8 Å². The van der Waals surface area contributed by atoms with Gasteiger partial charge in [0, 0.05) is 0 Å². The molecular formula is C27H32BNO6. The fraction of sp³-hybridized carbons (Fsp3) is 0.481. The van der Waals surface area contributed by atoms with Gasteiger partial charge in [-0.15, -0.1) is 0 Å². The second-order valence-corrected chi connectivity index (χ2v) is 11.1. The van der Waals surface area contributed by atoms with E-state index in [-0.39, 0.29) is 35.2 Å². The highest BCUT2D eigenvalue weighted by molar-refractivity contribution is 6.48. The van der Waals surface area contributed by atoms with Crippen LogP contribution in [-0.4, -0.2) is 46.9 Å². The fourth-order valence-electron chi connectivity index (χ4n) is 6.48. The number of phenols is 1. The van der Waals surface area contributed by atoms with Crippen molar-refractivity contribution in [2.45, 2.75) is 64.1 Å². The van der Waals surface area contributed by atoms with E-state index in [0.29, 0.717) is 23.8 Å². The highest BCUT2D eigenvalue weighted by Crippen LogP contribution is 2.65. The van der Waals surface area contributed by atoms with Crippen molar-refractivity contribution in [1.82, 2.24) is 5.32 Å². The van der Waals surface area contributed by atoms with Gasteiger partial charge in [-0.1, -0.05) is 38.1 Å². The van der Waals surface area contributed by atoms with Crippen LogP contribution in [0.4, 0.5) is 0 Å². The molecule has 8 heteroatoms. The summed E-state index contributed by atoms with van der Waals surface area (Å²) in [5.74, 6) is -0.594. The average molecular weight is 477 g/mol. The first-order valence-corrected chi connectivity index (χ1v) is 12.3. The first kappa shape index (κ1) is 23.9. The van der Waals surface area contributed by atoms with Crippen LogP contribution in [0, 0.1) is 17.3 Å². The molecule has 2 bridgehead atoms. The zero-order valence-electron chi connectivity index (χ0n) is 20.4. The molecule has 1 aliphatic heterocycles. The molecule has 3 saturated carbocycles. The normalized spacial score (nSPS) is 29.1. The van der Waals surface area contributed by atoms with E-state index in [4.69, 9.17) is 9.31 Å².